The van der Waals surface area contributed by atoms with Gasteiger partial charge >= 0.3 is 0 Å². The number of carbonyl (C=O) groups excluding carboxylic acids is 1. The molecule has 0 radical (unpaired) electrons. The fourth-order valence-electron chi connectivity index (χ4n) is 4.19. The van der Waals surface area contributed by atoms with Crippen LogP contribution in [0.1, 0.15) is 43.1 Å². The monoisotopic (exact) mass is 470 g/mol. The van der Waals surface area contributed by atoms with Crippen LogP contribution in [0.15, 0.2) is 61.1 Å². The minimum absolute atomic E-state index is 0.180. The smallest absolute Gasteiger partial charge is 0.256 e. The van der Waals surface area contributed by atoms with Crippen molar-refractivity contribution in [3.8, 4) is 17.0 Å². The van der Waals surface area contributed by atoms with E-state index in [-0.39, 0.29) is 18.1 Å². The molecular weight excluding hydrogens is 440 g/mol. The number of anilines is 1. The van der Waals surface area contributed by atoms with Crippen LogP contribution < -0.4 is 10.1 Å². The van der Waals surface area contributed by atoms with Crippen LogP contribution >= 0.6 is 0 Å². The Hall–Kier alpha value is -3.78. The van der Waals surface area contributed by atoms with E-state index in [1.165, 1.54) is 0 Å². The quantitative estimate of drug-likeness (QED) is 0.436. The lowest BCUT2D eigenvalue weighted by Gasteiger charge is -2.29. The number of likely N-dealkylation sites (tertiary alicyclic amines) is 1. The molecule has 3 aromatic heterocycles. The molecule has 4 aromatic rings. The zero-order valence-electron chi connectivity index (χ0n) is 20.3. The van der Waals surface area contributed by atoms with Crippen molar-refractivity contribution in [3.05, 3.63) is 66.6 Å². The standard InChI is InChI=1S/C27H30N6O2/c1-18(2)33-17-21(16-29-33)24-8-7-20-15-28-26(14-25(20)30-24)31-27(34)19-5-4-6-23(13-19)35-22-9-11-32(3)12-10-22/h4-8,13-18,22H,9-12H2,1-3H3,(H,28,31,34). The summed E-state index contributed by atoms with van der Waals surface area (Å²) in [7, 11) is 2.12. The Morgan fingerprint density at radius 3 is 2.71 bits per heavy atom. The van der Waals surface area contributed by atoms with Crippen LogP contribution in [0.5, 0.6) is 5.75 Å². The van der Waals surface area contributed by atoms with E-state index in [1.807, 2.05) is 41.3 Å². The molecule has 1 amide bonds. The Kier molecular flexibility index (Phi) is 6.46. The molecule has 35 heavy (non-hydrogen) atoms. The lowest BCUT2D eigenvalue weighted by Crippen LogP contribution is -2.35. The number of ether oxygens (including phenoxy) is 1. The third kappa shape index (κ3) is 5.33. The van der Waals surface area contributed by atoms with Gasteiger partial charge in [-0.2, -0.15) is 5.10 Å². The predicted molar refractivity (Wildman–Crippen MR) is 137 cm³/mol. The number of piperidine rings is 1. The predicted octanol–water partition coefficient (Wildman–Crippen LogP) is 4.80. The largest absolute Gasteiger partial charge is 0.490 e. The van der Waals surface area contributed by atoms with E-state index in [1.54, 1.807) is 24.4 Å². The van der Waals surface area contributed by atoms with E-state index >= 15 is 0 Å². The number of aromatic nitrogens is 4. The van der Waals surface area contributed by atoms with Gasteiger partial charge in [-0.25, -0.2) is 9.97 Å². The third-order valence-corrected chi connectivity index (χ3v) is 6.31. The first-order valence-electron chi connectivity index (χ1n) is 12.0. The van der Waals surface area contributed by atoms with Gasteiger partial charge < -0.3 is 15.0 Å². The molecule has 0 spiro atoms. The zero-order valence-corrected chi connectivity index (χ0v) is 20.3. The number of nitrogens with one attached hydrogen (secondary N) is 1. The van der Waals surface area contributed by atoms with Gasteiger partial charge in [0.05, 0.1) is 17.4 Å². The van der Waals surface area contributed by atoms with Crippen molar-refractivity contribution in [2.75, 3.05) is 25.5 Å². The highest BCUT2D eigenvalue weighted by Crippen LogP contribution is 2.24. The molecule has 8 nitrogen and oxygen atoms in total. The SMILES string of the molecule is CC(C)n1cc(-c2ccc3cnc(NC(=O)c4cccc(OC5CCN(C)CC5)c4)cc3n2)cn1. The lowest BCUT2D eigenvalue weighted by atomic mass is 10.1. The molecule has 1 N–H and O–H groups in total. The maximum Gasteiger partial charge on any atom is 0.256 e. The lowest BCUT2D eigenvalue weighted by molar-refractivity contribution is 0.102. The van der Waals surface area contributed by atoms with Crippen molar-refractivity contribution >= 4 is 22.6 Å². The topological polar surface area (TPSA) is 85.2 Å². The second kappa shape index (κ2) is 9.84. The van der Waals surface area contributed by atoms with Gasteiger partial charge in [0.2, 0.25) is 0 Å². The Morgan fingerprint density at radius 1 is 1.11 bits per heavy atom. The maximum atomic E-state index is 12.9. The van der Waals surface area contributed by atoms with E-state index in [2.05, 4.69) is 41.2 Å². The molecule has 1 fully saturated rings. The first-order chi connectivity index (χ1) is 16.9. The number of amides is 1. The number of rotatable bonds is 6. The second-order valence-corrected chi connectivity index (χ2v) is 9.36. The van der Waals surface area contributed by atoms with E-state index in [0.29, 0.717) is 17.1 Å². The zero-order chi connectivity index (χ0) is 24.4. The van der Waals surface area contributed by atoms with Gasteiger partial charge in [0.15, 0.2) is 0 Å². The molecular formula is C27H30N6O2. The van der Waals surface area contributed by atoms with E-state index < -0.39 is 0 Å². The van der Waals surface area contributed by atoms with E-state index in [4.69, 9.17) is 9.72 Å². The minimum Gasteiger partial charge on any atom is -0.490 e. The molecule has 180 valence electrons. The average molecular weight is 471 g/mol. The second-order valence-electron chi connectivity index (χ2n) is 9.36. The number of pyridine rings is 2. The Morgan fingerprint density at radius 2 is 1.94 bits per heavy atom. The van der Waals surface area contributed by atoms with Crippen LogP contribution in [-0.2, 0) is 0 Å². The minimum atomic E-state index is -0.236. The number of carbonyl (C=O) groups is 1. The third-order valence-electron chi connectivity index (χ3n) is 6.31. The number of hydrogen-bond acceptors (Lipinski definition) is 6. The molecule has 1 saturated heterocycles. The highest BCUT2D eigenvalue weighted by molar-refractivity contribution is 6.04. The summed E-state index contributed by atoms with van der Waals surface area (Å²) in [5.41, 5.74) is 3.06. The molecule has 0 aliphatic carbocycles. The molecule has 4 heterocycles. The molecule has 1 aromatic carbocycles. The number of hydrogen-bond donors (Lipinski definition) is 1. The first kappa shape index (κ1) is 23.0. The summed E-state index contributed by atoms with van der Waals surface area (Å²) in [6, 6.07) is 13.3. The Balaban J connectivity index is 1.31. The summed E-state index contributed by atoms with van der Waals surface area (Å²) in [5.74, 6) is 0.929. The number of nitrogens with zero attached hydrogens (tertiary/aromatic N) is 5. The molecule has 1 aliphatic heterocycles. The molecule has 1 aliphatic rings. The van der Waals surface area contributed by atoms with Gasteiger partial charge in [-0.15, -0.1) is 0 Å². The van der Waals surface area contributed by atoms with Crippen molar-refractivity contribution in [1.82, 2.24) is 24.6 Å². The molecule has 0 unspecified atom stereocenters. The summed E-state index contributed by atoms with van der Waals surface area (Å²) in [4.78, 5) is 24.4. The van der Waals surface area contributed by atoms with Gasteiger partial charge in [0.1, 0.15) is 17.7 Å². The van der Waals surface area contributed by atoms with Gasteiger partial charge in [-0.3, -0.25) is 9.48 Å². The van der Waals surface area contributed by atoms with Crippen LogP contribution in [0, 0.1) is 0 Å². The molecule has 8 heteroatoms. The Labute approximate surface area is 205 Å². The first-order valence-corrected chi connectivity index (χ1v) is 12.0. The fraction of sp³-hybridized carbons (Fsp3) is 0.333. The summed E-state index contributed by atoms with van der Waals surface area (Å²) < 4.78 is 8.04. The van der Waals surface area contributed by atoms with Crippen LogP contribution in [0.25, 0.3) is 22.2 Å². The normalized spacial score (nSPS) is 15.0. The van der Waals surface area contributed by atoms with Crippen molar-refractivity contribution in [2.24, 2.45) is 0 Å². The van der Waals surface area contributed by atoms with Crippen LogP contribution in [-0.4, -0.2) is 56.8 Å². The van der Waals surface area contributed by atoms with Crippen LogP contribution in [0.4, 0.5) is 5.82 Å². The van der Waals surface area contributed by atoms with Crippen molar-refractivity contribution in [1.29, 1.82) is 0 Å². The summed E-state index contributed by atoms with van der Waals surface area (Å²) in [6.07, 6.45) is 7.68. The highest BCUT2D eigenvalue weighted by Gasteiger charge is 2.18. The van der Waals surface area contributed by atoms with Gasteiger partial charge in [0, 0.05) is 54.1 Å². The molecule has 0 atom stereocenters. The van der Waals surface area contributed by atoms with Crippen molar-refractivity contribution < 1.29 is 9.53 Å². The fourth-order valence-corrected chi connectivity index (χ4v) is 4.19. The average Bonchev–Trinajstić information content (AvgIpc) is 3.36. The van der Waals surface area contributed by atoms with Crippen molar-refractivity contribution in [3.63, 3.8) is 0 Å². The van der Waals surface area contributed by atoms with Crippen LogP contribution in [0.3, 0.4) is 0 Å². The summed E-state index contributed by atoms with van der Waals surface area (Å²) >= 11 is 0. The molecule has 5 rings (SSSR count). The Bertz CT molecular complexity index is 1340. The highest BCUT2D eigenvalue weighted by atomic mass is 16.5. The van der Waals surface area contributed by atoms with Gasteiger partial charge in [-0.1, -0.05) is 6.07 Å². The number of fused-ring (bicyclic) bond motifs is 1. The summed E-state index contributed by atoms with van der Waals surface area (Å²) in [6.45, 7) is 6.21. The molecule has 0 saturated carbocycles. The van der Waals surface area contributed by atoms with Crippen LogP contribution in [0.2, 0.25) is 0 Å². The van der Waals surface area contributed by atoms with Crippen molar-refractivity contribution in [2.45, 2.75) is 38.8 Å². The van der Waals surface area contributed by atoms with Gasteiger partial charge in [-0.05, 0) is 64.1 Å². The number of benzene rings is 1. The van der Waals surface area contributed by atoms with E-state index in [0.717, 1.165) is 48.1 Å². The molecule has 0 bridgehead atoms. The summed E-state index contributed by atoms with van der Waals surface area (Å²) in [5, 5.41) is 8.20. The maximum absolute atomic E-state index is 12.9. The van der Waals surface area contributed by atoms with Gasteiger partial charge in [0.25, 0.3) is 5.91 Å². The van der Waals surface area contributed by atoms with E-state index in [9.17, 15) is 4.79 Å².